The number of unbranched alkanes of at least 4 members (excludes halogenated alkanes) is 3. The van der Waals surface area contributed by atoms with Crippen molar-refractivity contribution in [2.45, 2.75) is 72.6 Å². The summed E-state index contributed by atoms with van der Waals surface area (Å²) in [4.78, 5) is 0. The molecule has 0 aromatic rings. The van der Waals surface area contributed by atoms with Crippen molar-refractivity contribution in [2.75, 3.05) is 0 Å². The first-order chi connectivity index (χ1) is 6.68. The summed E-state index contributed by atoms with van der Waals surface area (Å²) in [7, 11) is 6.89. The first kappa shape index (κ1) is 18.9. The zero-order valence-corrected chi connectivity index (χ0v) is 16.0. The molecule has 0 saturated heterocycles. The molecule has 0 unspecified atom stereocenters. The fourth-order valence-electron chi connectivity index (χ4n) is 1.86. The third kappa shape index (κ3) is 10.4. The minimum atomic E-state index is -2.09. The zero-order chi connectivity index (χ0) is 10.9. The van der Waals surface area contributed by atoms with Crippen LogP contribution in [0, 0.1) is 0 Å². The molecule has 0 nitrogen and oxygen atoms in total. The van der Waals surface area contributed by atoms with Crippen molar-refractivity contribution in [3.05, 3.63) is 0 Å². The molecule has 0 N–H and O–H groups in total. The number of rotatable bonds is 9. The predicted molar refractivity (Wildman–Crippen MR) is 81.1 cm³/mol. The van der Waals surface area contributed by atoms with Crippen LogP contribution in [0.25, 0.3) is 0 Å². The molecular formula is C12H28BrClSn. The van der Waals surface area contributed by atoms with E-state index in [2.05, 4.69) is 20.8 Å². The van der Waals surface area contributed by atoms with E-state index in [0.717, 1.165) is 0 Å². The average Bonchev–Trinajstić information content (AvgIpc) is 2.21. The van der Waals surface area contributed by atoms with Gasteiger partial charge in [-0.3, -0.25) is 0 Å². The van der Waals surface area contributed by atoms with Crippen LogP contribution in [0.4, 0.5) is 0 Å². The summed E-state index contributed by atoms with van der Waals surface area (Å²) in [5, 5.41) is 0. The topological polar surface area (TPSA) is 0 Å². The van der Waals surface area contributed by atoms with Crippen LogP contribution in [0.3, 0.4) is 0 Å². The van der Waals surface area contributed by atoms with Crippen molar-refractivity contribution in [1.29, 1.82) is 0 Å². The molecule has 0 aromatic heterocycles. The van der Waals surface area contributed by atoms with Gasteiger partial charge in [-0.2, -0.15) is 0 Å². The Kier molecular flexibility index (Phi) is 15.2. The number of halogens is 2. The Balaban J connectivity index is 0. The van der Waals surface area contributed by atoms with Gasteiger partial charge in [0, 0.05) is 0 Å². The van der Waals surface area contributed by atoms with Crippen LogP contribution in [-0.2, 0) is 0 Å². The molecule has 0 rings (SSSR count). The first-order valence-corrected chi connectivity index (χ1v) is 16.0. The van der Waals surface area contributed by atoms with E-state index in [1.807, 2.05) is 0 Å². The van der Waals surface area contributed by atoms with Crippen LogP contribution in [0.2, 0.25) is 13.3 Å². The Morgan fingerprint density at radius 1 is 0.733 bits per heavy atom. The Labute approximate surface area is 115 Å². The molecule has 15 heavy (non-hydrogen) atoms. The third-order valence-corrected chi connectivity index (χ3v) is 17.4. The summed E-state index contributed by atoms with van der Waals surface area (Å²) in [6, 6.07) is 0. The molecule has 94 valence electrons. The molecule has 0 radical (unpaired) electrons. The van der Waals surface area contributed by atoms with Gasteiger partial charge in [-0.15, -0.1) is 17.0 Å². The molecule has 0 aliphatic rings. The Morgan fingerprint density at radius 2 is 1.00 bits per heavy atom. The van der Waals surface area contributed by atoms with Crippen molar-refractivity contribution in [2.24, 2.45) is 0 Å². The van der Waals surface area contributed by atoms with Crippen molar-refractivity contribution in [1.82, 2.24) is 0 Å². The van der Waals surface area contributed by atoms with E-state index in [-0.39, 0.29) is 17.0 Å². The summed E-state index contributed by atoms with van der Waals surface area (Å²) < 4.78 is 4.27. The molecule has 0 aliphatic heterocycles. The van der Waals surface area contributed by atoms with E-state index in [9.17, 15) is 0 Å². The van der Waals surface area contributed by atoms with Crippen molar-refractivity contribution in [3.8, 4) is 0 Å². The third-order valence-electron chi connectivity index (χ3n) is 2.94. The molecule has 0 aromatic carbocycles. The standard InChI is InChI=1S/3C4H9.BrH.ClH.Sn/c3*1-3-4-2;;;/h3*1,3-4H2,2H3;2*1H;/q;;;;;+1/p-1. The second-order valence-corrected chi connectivity index (χ2v) is 20.7. The summed E-state index contributed by atoms with van der Waals surface area (Å²) in [6.45, 7) is 6.84. The van der Waals surface area contributed by atoms with Gasteiger partial charge >= 0.3 is 98.8 Å². The first-order valence-electron chi connectivity index (χ1n) is 6.37. The average molecular weight is 406 g/mol. The summed E-state index contributed by atoms with van der Waals surface area (Å²) in [6.07, 6.45) is 8.12. The van der Waals surface area contributed by atoms with Gasteiger partial charge in [0.05, 0.1) is 0 Å². The SMILES string of the molecule is Br.CCC[CH2][Sn]([Cl])([CH2]CCC)[CH2]CCC. The van der Waals surface area contributed by atoms with Crippen molar-refractivity contribution < 1.29 is 0 Å². The molecule has 0 atom stereocenters. The van der Waals surface area contributed by atoms with E-state index in [1.165, 1.54) is 51.8 Å². The minimum absolute atomic E-state index is 0. The van der Waals surface area contributed by atoms with Crippen LogP contribution in [0.1, 0.15) is 59.3 Å². The molecule has 0 spiro atoms. The molecule has 0 heterocycles. The van der Waals surface area contributed by atoms with Crippen LogP contribution < -0.4 is 0 Å². The maximum absolute atomic E-state index is 6.89. The fourth-order valence-corrected chi connectivity index (χ4v) is 15.1. The van der Waals surface area contributed by atoms with E-state index < -0.39 is 17.3 Å². The van der Waals surface area contributed by atoms with Gasteiger partial charge in [0.15, 0.2) is 0 Å². The second-order valence-electron chi connectivity index (χ2n) is 4.46. The van der Waals surface area contributed by atoms with Crippen LogP contribution >= 0.6 is 25.9 Å². The monoisotopic (exact) mass is 406 g/mol. The molecular weight excluding hydrogens is 378 g/mol. The number of hydrogen-bond acceptors (Lipinski definition) is 0. The van der Waals surface area contributed by atoms with Gasteiger partial charge in [0.25, 0.3) is 0 Å². The van der Waals surface area contributed by atoms with E-state index >= 15 is 0 Å². The van der Waals surface area contributed by atoms with Crippen LogP contribution in [-0.4, -0.2) is 17.3 Å². The summed E-state index contributed by atoms with van der Waals surface area (Å²) in [5.41, 5.74) is 0. The van der Waals surface area contributed by atoms with E-state index in [4.69, 9.17) is 8.92 Å². The second kappa shape index (κ2) is 12.0. The van der Waals surface area contributed by atoms with Gasteiger partial charge in [-0.25, -0.2) is 0 Å². The fraction of sp³-hybridized carbons (Fsp3) is 1.00. The number of hydrogen-bond donors (Lipinski definition) is 0. The van der Waals surface area contributed by atoms with E-state index in [0.29, 0.717) is 0 Å². The van der Waals surface area contributed by atoms with Crippen molar-refractivity contribution >= 4 is 43.2 Å². The Morgan fingerprint density at radius 3 is 1.20 bits per heavy atom. The Hall–Kier alpha value is 1.57. The summed E-state index contributed by atoms with van der Waals surface area (Å²) >= 11 is -2.09. The molecule has 0 aliphatic carbocycles. The summed E-state index contributed by atoms with van der Waals surface area (Å²) in [5.74, 6) is 0. The van der Waals surface area contributed by atoms with Crippen LogP contribution in [0.5, 0.6) is 0 Å². The quantitative estimate of drug-likeness (QED) is 0.403. The van der Waals surface area contributed by atoms with Gasteiger partial charge in [0.1, 0.15) is 0 Å². The van der Waals surface area contributed by atoms with E-state index in [1.54, 1.807) is 0 Å². The Bertz CT molecular complexity index is 109. The van der Waals surface area contributed by atoms with Gasteiger partial charge in [0.2, 0.25) is 0 Å². The van der Waals surface area contributed by atoms with Gasteiger partial charge < -0.3 is 0 Å². The van der Waals surface area contributed by atoms with Gasteiger partial charge in [-0.1, -0.05) is 0 Å². The molecule has 0 bridgehead atoms. The predicted octanol–water partition coefficient (Wildman–Crippen LogP) is 6.15. The van der Waals surface area contributed by atoms with Crippen LogP contribution in [0.15, 0.2) is 0 Å². The van der Waals surface area contributed by atoms with Crippen molar-refractivity contribution in [3.63, 3.8) is 0 Å². The zero-order valence-electron chi connectivity index (χ0n) is 10.7. The normalized spacial score (nSPS) is 11.2. The molecule has 0 saturated carbocycles. The molecule has 0 amide bonds. The van der Waals surface area contributed by atoms with Gasteiger partial charge in [-0.05, 0) is 0 Å². The molecule has 0 fully saturated rings. The molecule has 3 heteroatoms. The maximum atomic E-state index is 6.89.